The lowest BCUT2D eigenvalue weighted by Crippen LogP contribution is -2.41. The summed E-state index contributed by atoms with van der Waals surface area (Å²) in [6.45, 7) is 0. The van der Waals surface area contributed by atoms with Crippen molar-refractivity contribution < 1.29 is 14.3 Å². The molecule has 0 fully saturated rings. The summed E-state index contributed by atoms with van der Waals surface area (Å²) in [7, 11) is 1.41. The van der Waals surface area contributed by atoms with E-state index in [9.17, 15) is 9.59 Å². The van der Waals surface area contributed by atoms with Crippen LogP contribution >= 0.6 is 38.9 Å². The number of carbonyl (C=O) groups is 2. The molecule has 0 unspecified atom stereocenters. The summed E-state index contributed by atoms with van der Waals surface area (Å²) in [5, 5.41) is 11.1. The molecule has 3 rings (SSSR count). The number of amides is 2. The normalized spacial score (nSPS) is 10.4. The van der Waals surface area contributed by atoms with E-state index in [1.807, 2.05) is 0 Å². The van der Waals surface area contributed by atoms with Crippen LogP contribution in [0.25, 0.3) is 5.69 Å². The van der Waals surface area contributed by atoms with E-state index in [1.165, 1.54) is 41.6 Å². The predicted octanol–water partition coefficient (Wildman–Crippen LogP) is 2.22. The van der Waals surface area contributed by atoms with Crippen LogP contribution in [0.2, 0.25) is 5.02 Å². The molecule has 134 valence electrons. The van der Waals surface area contributed by atoms with Crippen molar-refractivity contribution in [1.29, 1.82) is 0 Å². The Hall–Kier alpha value is -2.50. The second kappa shape index (κ2) is 7.81. The number of ether oxygens (including phenoxy) is 1. The van der Waals surface area contributed by atoms with Gasteiger partial charge in [0.1, 0.15) is 12.1 Å². The van der Waals surface area contributed by atoms with E-state index in [0.717, 1.165) is 3.79 Å². The van der Waals surface area contributed by atoms with Crippen molar-refractivity contribution in [1.82, 2.24) is 31.1 Å². The third kappa shape index (κ3) is 3.84. The minimum atomic E-state index is -0.587. The maximum atomic E-state index is 12.4. The van der Waals surface area contributed by atoms with Gasteiger partial charge < -0.3 is 4.74 Å². The fourth-order valence-corrected chi connectivity index (χ4v) is 3.55. The van der Waals surface area contributed by atoms with Crippen molar-refractivity contribution in [2.45, 2.75) is 0 Å². The molecule has 2 aromatic heterocycles. The van der Waals surface area contributed by atoms with E-state index in [0.29, 0.717) is 10.6 Å². The van der Waals surface area contributed by atoms with E-state index in [4.69, 9.17) is 16.3 Å². The molecule has 26 heavy (non-hydrogen) atoms. The first-order chi connectivity index (χ1) is 12.5. The summed E-state index contributed by atoms with van der Waals surface area (Å²) in [4.78, 5) is 24.8. The molecule has 0 aliphatic rings. The highest BCUT2D eigenvalue weighted by Gasteiger charge is 2.18. The zero-order chi connectivity index (χ0) is 18.7. The van der Waals surface area contributed by atoms with Gasteiger partial charge in [-0.15, -0.1) is 16.4 Å². The number of carbonyl (C=O) groups excluding carboxylic acids is 2. The fourth-order valence-electron chi connectivity index (χ4n) is 2.02. The maximum Gasteiger partial charge on any atom is 0.279 e. The molecule has 0 aliphatic carbocycles. The number of aromatic nitrogens is 4. The summed E-state index contributed by atoms with van der Waals surface area (Å²) in [5.41, 5.74) is 5.25. The van der Waals surface area contributed by atoms with Crippen molar-refractivity contribution in [2.75, 3.05) is 7.11 Å². The van der Waals surface area contributed by atoms with Gasteiger partial charge in [0, 0.05) is 6.07 Å². The number of methoxy groups -OCH3 is 1. The van der Waals surface area contributed by atoms with E-state index < -0.39 is 11.8 Å². The average molecular weight is 458 g/mol. The Bertz CT molecular complexity index is 962. The third-order valence-electron chi connectivity index (χ3n) is 3.20. The van der Waals surface area contributed by atoms with Gasteiger partial charge >= 0.3 is 0 Å². The van der Waals surface area contributed by atoms with Gasteiger partial charge in [-0.25, -0.2) is 0 Å². The van der Waals surface area contributed by atoms with E-state index in [1.54, 1.807) is 12.1 Å². The number of halogens is 2. The summed E-state index contributed by atoms with van der Waals surface area (Å²) in [6.07, 6.45) is 1.36. The maximum absolute atomic E-state index is 12.4. The highest BCUT2D eigenvalue weighted by Crippen LogP contribution is 2.29. The van der Waals surface area contributed by atoms with Crippen molar-refractivity contribution >= 4 is 50.7 Å². The number of benzene rings is 1. The highest BCUT2D eigenvalue weighted by atomic mass is 79.9. The van der Waals surface area contributed by atoms with Gasteiger partial charge in [-0.2, -0.15) is 4.68 Å². The Morgan fingerprint density at radius 3 is 2.65 bits per heavy atom. The summed E-state index contributed by atoms with van der Waals surface area (Å²) < 4.78 is 7.38. The van der Waals surface area contributed by atoms with Crippen molar-refractivity contribution in [3.63, 3.8) is 0 Å². The van der Waals surface area contributed by atoms with Crippen molar-refractivity contribution in [2.24, 2.45) is 0 Å². The van der Waals surface area contributed by atoms with Gasteiger partial charge in [-0.1, -0.05) is 11.6 Å². The standard InChI is InChI=1S/C14H10BrClN6O3S/c1-25-10-5-9(22-6-17-20-21-22)8(16)4-7(10)13(23)18-19-14(24)11-2-3-12(15)26-11/h2-6H,1H3,(H,18,23)(H,19,24). The quantitative estimate of drug-likeness (QED) is 0.581. The molecule has 2 N–H and O–H groups in total. The van der Waals surface area contributed by atoms with Gasteiger partial charge in [0.25, 0.3) is 11.8 Å². The molecule has 9 nitrogen and oxygen atoms in total. The molecule has 0 saturated heterocycles. The number of hydrazine groups is 1. The van der Waals surface area contributed by atoms with Gasteiger partial charge in [0.2, 0.25) is 0 Å². The second-order valence-corrected chi connectivity index (χ2v) is 7.64. The van der Waals surface area contributed by atoms with E-state index >= 15 is 0 Å². The first kappa shape index (κ1) is 18.3. The lowest BCUT2D eigenvalue weighted by Gasteiger charge is -2.12. The lowest BCUT2D eigenvalue weighted by atomic mass is 10.1. The van der Waals surface area contributed by atoms with E-state index in [2.05, 4.69) is 42.3 Å². The zero-order valence-electron chi connectivity index (χ0n) is 13.1. The molecule has 0 bridgehead atoms. The molecule has 2 amide bonds. The Morgan fingerprint density at radius 1 is 1.27 bits per heavy atom. The summed E-state index contributed by atoms with van der Waals surface area (Å²) >= 11 is 10.7. The number of rotatable bonds is 4. The van der Waals surface area contributed by atoms with Crippen LogP contribution in [0.1, 0.15) is 20.0 Å². The minimum absolute atomic E-state index is 0.141. The predicted molar refractivity (Wildman–Crippen MR) is 97.7 cm³/mol. The second-order valence-electron chi connectivity index (χ2n) is 4.77. The largest absolute Gasteiger partial charge is 0.496 e. The Kier molecular flexibility index (Phi) is 5.49. The van der Waals surface area contributed by atoms with Crippen LogP contribution in [0.4, 0.5) is 0 Å². The summed E-state index contributed by atoms with van der Waals surface area (Å²) in [6, 6.07) is 6.29. The van der Waals surface area contributed by atoms with Gasteiger partial charge in [-0.05, 0) is 44.6 Å². The molecular weight excluding hydrogens is 448 g/mol. The first-order valence-corrected chi connectivity index (χ1v) is 8.95. The number of hydrogen-bond acceptors (Lipinski definition) is 7. The minimum Gasteiger partial charge on any atom is -0.496 e. The Balaban J connectivity index is 1.78. The first-order valence-electron chi connectivity index (χ1n) is 6.96. The SMILES string of the molecule is COc1cc(-n2cnnn2)c(Cl)cc1C(=O)NNC(=O)c1ccc(Br)s1. The Morgan fingerprint density at radius 2 is 2.04 bits per heavy atom. The molecule has 1 aromatic carbocycles. The van der Waals surface area contributed by atoms with Crippen LogP contribution in [-0.4, -0.2) is 39.1 Å². The molecule has 2 heterocycles. The van der Waals surface area contributed by atoms with Crippen LogP contribution < -0.4 is 15.6 Å². The molecule has 12 heteroatoms. The highest BCUT2D eigenvalue weighted by molar-refractivity contribution is 9.11. The van der Waals surface area contributed by atoms with Crippen LogP contribution in [-0.2, 0) is 0 Å². The fraction of sp³-hybridized carbons (Fsp3) is 0.0714. The molecule has 0 atom stereocenters. The third-order valence-corrected chi connectivity index (χ3v) is 5.12. The molecule has 0 spiro atoms. The molecule has 3 aromatic rings. The van der Waals surface area contributed by atoms with Crippen LogP contribution in [0.15, 0.2) is 34.4 Å². The smallest absolute Gasteiger partial charge is 0.279 e. The zero-order valence-corrected chi connectivity index (χ0v) is 16.2. The van der Waals surface area contributed by atoms with E-state index in [-0.39, 0.29) is 16.3 Å². The molecule has 0 aliphatic heterocycles. The van der Waals surface area contributed by atoms with Crippen molar-refractivity contribution in [3.05, 3.63) is 49.8 Å². The Labute approximate surface area is 164 Å². The molecule has 0 radical (unpaired) electrons. The number of tetrazole rings is 1. The number of nitrogens with zero attached hydrogens (tertiary/aromatic N) is 4. The lowest BCUT2D eigenvalue weighted by molar-refractivity contribution is 0.0847. The van der Waals surface area contributed by atoms with Crippen molar-refractivity contribution in [3.8, 4) is 11.4 Å². The van der Waals surface area contributed by atoms with Crippen LogP contribution in [0, 0.1) is 0 Å². The molecule has 0 saturated carbocycles. The molecular formula is C14H10BrClN6O3S. The monoisotopic (exact) mass is 456 g/mol. The van der Waals surface area contributed by atoms with Crippen LogP contribution in [0.5, 0.6) is 5.75 Å². The summed E-state index contributed by atoms with van der Waals surface area (Å²) in [5.74, 6) is -0.786. The number of nitrogens with one attached hydrogen (secondary N) is 2. The average Bonchev–Trinajstić information content (AvgIpc) is 3.31. The number of thiophene rings is 1. The van der Waals surface area contributed by atoms with Gasteiger partial charge in [-0.3, -0.25) is 20.4 Å². The van der Waals surface area contributed by atoms with Gasteiger partial charge in [0.15, 0.2) is 0 Å². The van der Waals surface area contributed by atoms with Gasteiger partial charge in [0.05, 0.1) is 32.0 Å². The topological polar surface area (TPSA) is 111 Å². The number of hydrogen-bond donors (Lipinski definition) is 2. The van der Waals surface area contributed by atoms with Crippen LogP contribution in [0.3, 0.4) is 0 Å².